The van der Waals surface area contributed by atoms with Gasteiger partial charge in [-0.3, -0.25) is 0 Å². The lowest BCUT2D eigenvalue weighted by Gasteiger charge is -2.01. The number of halogens is 1. The number of fused-ring (bicyclic) bond motifs is 1. The number of imidazole rings is 1. The van der Waals surface area contributed by atoms with Crippen LogP contribution >= 0.6 is 11.6 Å². The maximum absolute atomic E-state index is 5.97. The van der Waals surface area contributed by atoms with Crippen LogP contribution in [0.5, 0.6) is 0 Å². The number of alkyl halides is 1. The number of hydrogen-bond acceptors (Lipinski definition) is 2. The zero-order chi connectivity index (χ0) is 9.42. The first kappa shape index (κ1) is 8.51. The van der Waals surface area contributed by atoms with Crippen LogP contribution in [0.2, 0.25) is 0 Å². The molecule has 2 rings (SSSR count). The molecular weight excluding hydrogens is 186 g/mol. The van der Waals surface area contributed by atoms with Gasteiger partial charge in [-0.25, -0.2) is 9.97 Å². The van der Waals surface area contributed by atoms with Gasteiger partial charge in [0.25, 0.3) is 0 Å². The lowest BCUT2D eigenvalue weighted by Crippen LogP contribution is -1.98. The third kappa shape index (κ3) is 1.29. The molecule has 2 aromatic heterocycles. The van der Waals surface area contributed by atoms with Crippen molar-refractivity contribution in [1.82, 2.24) is 14.5 Å². The van der Waals surface area contributed by atoms with E-state index < -0.39 is 0 Å². The number of pyridine rings is 1. The molecule has 1 unspecified atom stereocenters. The molecule has 0 radical (unpaired) electrons. The zero-order valence-electron chi connectivity index (χ0n) is 7.53. The summed E-state index contributed by atoms with van der Waals surface area (Å²) in [6, 6.07) is 3.81. The number of aryl methyl sites for hydroxylation is 1. The summed E-state index contributed by atoms with van der Waals surface area (Å²) in [5.41, 5.74) is 1.78. The molecule has 13 heavy (non-hydrogen) atoms. The maximum atomic E-state index is 5.97. The van der Waals surface area contributed by atoms with Crippen molar-refractivity contribution in [3.63, 3.8) is 0 Å². The first-order valence-electron chi connectivity index (χ1n) is 4.11. The minimum Gasteiger partial charge on any atom is -0.315 e. The summed E-state index contributed by atoms with van der Waals surface area (Å²) in [7, 11) is 1.93. The molecule has 68 valence electrons. The van der Waals surface area contributed by atoms with Gasteiger partial charge >= 0.3 is 0 Å². The summed E-state index contributed by atoms with van der Waals surface area (Å²) in [5.74, 6) is 0.857. The van der Waals surface area contributed by atoms with Crippen molar-refractivity contribution in [3.05, 3.63) is 24.2 Å². The fourth-order valence-electron chi connectivity index (χ4n) is 1.40. The van der Waals surface area contributed by atoms with E-state index in [1.54, 1.807) is 6.20 Å². The highest BCUT2D eigenvalue weighted by Crippen LogP contribution is 2.21. The first-order valence-corrected chi connectivity index (χ1v) is 4.55. The molecule has 0 saturated heterocycles. The summed E-state index contributed by atoms with van der Waals surface area (Å²) in [4.78, 5) is 8.61. The largest absolute Gasteiger partial charge is 0.315 e. The van der Waals surface area contributed by atoms with Crippen LogP contribution in [0.1, 0.15) is 18.1 Å². The van der Waals surface area contributed by atoms with Crippen molar-refractivity contribution >= 4 is 22.8 Å². The topological polar surface area (TPSA) is 30.7 Å². The Bertz CT molecular complexity index is 433. The Morgan fingerprint density at radius 1 is 1.54 bits per heavy atom. The Kier molecular flexibility index (Phi) is 1.96. The normalized spacial score (nSPS) is 13.5. The van der Waals surface area contributed by atoms with E-state index in [1.165, 1.54) is 0 Å². The summed E-state index contributed by atoms with van der Waals surface area (Å²) in [6.07, 6.45) is 1.76. The van der Waals surface area contributed by atoms with Crippen molar-refractivity contribution in [2.24, 2.45) is 7.05 Å². The Morgan fingerprint density at radius 2 is 2.31 bits per heavy atom. The van der Waals surface area contributed by atoms with Crippen LogP contribution in [0.4, 0.5) is 0 Å². The number of rotatable bonds is 1. The molecular formula is C9H10ClN3. The second-order valence-corrected chi connectivity index (χ2v) is 3.65. The minimum absolute atomic E-state index is 0.0841. The van der Waals surface area contributed by atoms with E-state index in [1.807, 2.05) is 30.7 Å². The Balaban J connectivity index is 2.74. The third-order valence-corrected chi connectivity index (χ3v) is 2.21. The van der Waals surface area contributed by atoms with Gasteiger partial charge < -0.3 is 4.57 Å². The highest BCUT2D eigenvalue weighted by molar-refractivity contribution is 6.20. The van der Waals surface area contributed by atoms with Gasteiger partial charge in [-0.05, 0) is 19.1 Å². The molecule has 0 spiro atoms. The predicted octanol–water partition coefficient (Wildman–Crippen LogP) is 2.27. The van der Waals surface area contributed by atoms with Crippen molar-refractivity contribution in [2.45, 2.75) is 12.3 Å². The molecule has 0 aliphatic carbocycles. The summed E-state index contributed by atoms with van der Waals surface area (Å²) in [6.45, 7) is 1.91. The smallest absolute Gasteiger partial charge is 0.159 e. The molecule has 3 nitrogen and oxygen atoms in total. The van der Waals surface area contributed by atoms with Crippen molar-refractivity contribution < 1.29 is 0 Å². The molecule has 0 saturated carbocycles. The molecule has 0 aliphatic rings. The van der Waals surface area contributed by atoms with E-state index in [9.17, 15) is 0 Å². The summed E-state index contributed by atoms with van der Waals surface area (Å²) < 4.78 is 1.92. The third-order valence-electron chi connectivity index (χ3n) is 2.02. The van der Waals surface area contributed by atoms with E-state index >= 15 is 0 Å². The van der Waals surface area contributed by atoms with Crippen LogP contribution in [0.15, 0.2) is 18.3 Å². The van der Waals surface area contributed by atoms with Gasteiger partial charge in [0, 0.05) is 13.2 Å². The van der Waals surface area contributed by atoms with Crippen LogP contribution in [-0.4, -0.2) is 14.5 Å². The fraction of sp³-hybridized carbons (Fsp3) is 0.333. The van der Waals surface area contributed by atoms with Crippen LogP contribution < -0.4 is 0 Å². The lowest BCUT2D eigenvalue weighted by molar-refractivity contribution is 0.805. The molecule has 0 bridgehead atoms. The molecule has 2 heterocycles. The summed E-state index contributed by atoms with van der Waals surface area (Å²) >= 11 is 5.97. The van der Waals surface area contributed by atoms with Gasteiger partial charge in [-0.2, -0.15) is 0 Å². The standard InChI is InChI=1S/C9H10ClN3/c1-6(10)8-12-7-4-3-5-11-9(7)13(8)2/h3-6H,1-2H3. The molecule has 2 aromatic rings. The SMILES string of the molecule is CC(Cl)c1nc2cccnc2n1C. The van der Waals surface area contributed by atoms with Gasteiger partial charge in [0.2, 0.25) is 0 Å². The van der Waals surface area contributed by atoms with E-state index in [2.05, 4.69) is 9.97 Å². The molecule has 0 N–H and O–H groups in total. The molecule has 4 heteroatoms. The van der Waals surface area contributed by atoms with E-state index in [0.717, 1.165) is 17.0 Å². The Labute approximate surface area is 81.4 Å². The molecule has 0 aliphatic heterocycles. The van der Waals surface area contributed by atoms with Gasteiger partial charge in [0.1, 0.15) is 11.3 Å². The van der Waals surface area contributed by atoms with Crippen molar-refractivity contribution in [3.8, 4) is 0 Å². The average molecular weight is 196 g/mol. The highest BCUT2D eigenvalue weighted by Gasteiger charge is 2.11. The van der Waals surface area contributed by atoms with Gasteiger partial charge in [0.15, 0.2) is 5.65 Å². The van der Waals surface area contributed by atoms with E-state index in [4.69, 9.17) is 11.6 Å². The number of aromatic nitrogens is 3. The van der Waals surface area contributed by atoms with Crippen LogP contribution in [-0.2, 0) is 7.05 Å². The molecule has 0 fully saturated rings. The quantitative estimate of drug-likeness (QED) is 0.654. The Hall–Kier alpha value is -1.09. The lowest BCUT2D eigenvalue weighted by atomic mass is 10.4. The van der Waals surface area contributed by atoms with E-state index in [-0.39, 0.29) is 5.38 Å². The molecule has 1 atom stereocenters. The second-order valence-electron chi connectivity index (χ2n) is 2.99. The predicted molar refractivity (Wildman–Crippen MR) is 52.8 cm³/mol. The summed E-state index contributed by atoms with van der Waals surface area (Å²) in [5, 5.41) is -0.0841. The zero-order valence-corrected chi connectivity index (χ0v) is 8.28. The van der Waals surface area contributed by atoms with Gasteiger partial charge in [-0.1, -0.05) is 0 Å². The average Bonchev–Trinajstić information content (AvgIpc) is 2.45. The van der Waals surface area contributed by atoms with Crippen LogP contribution in [0.25, 0.3) is 11.2 Å². The van der Waals surface area contributed by atoms with Gasteiger partial charge in [-0.15, -0.1) is 11.6 Å². The molecule has 0 aromatic carbocycles. The minimum atomic E-state index is -0.0841. The second kappa shape index (κ2) is 3.00. The maximum Gasteiger partial charge on any atom is 0.159 e. The number of hydrogen-bond donors (Lipinski definition) is 0. The number of nitrogens with zero attached hydrogens (tertiary/aromatic N) is 3. The van der Waals surface area contributed by atoms with Crippen molar-refractivity contribution in [2.75, 3.05) is 0 Å². The molecule has 0 amide bonds. The fourth-order valence-corrected chi connectivity index (χ4v) is 1.59. The highest BCUT2D eigenvalue weighted by atomic mass is 35.5. The van der Waals surface area contributed by atoms with Crippen LogP contribution in [0.3, 0.4) is 0 Å². The monoisotopic (exact) mass is 195 g/mol. The van der Waals surface area contributed by atoms with Crippen molar-refractivity contribution in [1.29, 1.82) is 0 Å². The first-order chi connectivity index (χ1) is 6.20. The van der Waals surface area contributed by atoms with Crippen LogP contribution in [0, 0.1) is 0 Å². The van der Waals surface area contributed by atoms with Gasteiger partial charge in [0.05, 0.1) is 5.38 Å². The van der Waals surface area contributed by atoms with E-state index in [0.29, 0.717) is 0 Å². The Morgan fingerprint density at radius 3 is 2.92 bits per heavy atom.